The van der Waals surface area contributed by atoms with E-state index in [1.165, 1.54) is 12.8 Å². The smallest absolute Gasteiger partial charge is 0.225 e. The second-order valence-corrected chi connectivity index (χ2v) is 7.75. The second-order valence-electron chi connectivity index (χ2n) is 7.75. The van der Waals surface area contributed by atoms with Gasteiger partial charge < -0.3 is 9.80 Å². The Morgan fingerprint density at radius 2 is 1.62 bits per heavy atom. The van der Waals surface area contributed by atoms with Gasteiger partial charge >= 0.3 is 0 Å². The molecule has 7 heteroatoms. The summed E-state index contributed by atoms with van der Waals surface area (Å²) < 4.78 is 0. The molecule has 0 amide bonds. The molecular weight excluding hydrogens is 362 g/mol. The fourth-order valence-electron chi connectivity index (χ4n) is 4.38. The van der Waals surface area contributed by atoms with E-state index in [2.05, 4.69) is 24.8 Å². The molecule has 29 heavy (non-hydrogen) atoms. The highest BCUT2D eigenvalue weighted by atomic mass is 15.3. The van der Waals surface area contributed by atoms with Crippen molar-refractivity contribution >= 4 is 11.8 Å². The van der Waals surface area contributed by atoms with Crippen LogP contribution in [0.5, 0.6) is 0 Å². The first kappa shape index (κ1) is 18.0. The van der Waals surface area contributed by atoms with Gasteiger partial charge in [0.05, 0.1) is 11.9 Å². The highest BCUT2D eigenvalue weighted by Gasteiger charge is 2.27. The van der Waals surface area contributed by atoms with Crippen molar-refractivity contribution in [2.45, 2.75) is 31.6 Å². The summed E-state index contributed by atoms with van der Waals surface area (Å²) in [6, 6.07) is 4.09. The maximum Gasteiger partial charge on any atom is 0.225 e. The summed E-state index contributed by atoms with van der Waals surface area (Å²) in [6.07, 6.45) is 15.7. The molecule has 2 saturated heterocycles. The first-order valence-electron chi connectivity index (χ1n) is 10.4. The summed E-state index contributed by atoms with van der Waals surface area (Å²) >= 11 is 0. The van der Waals surface area contributed by atoms with Crippen molar-refractivity contribution in [3.63, 3.8) is 0 Å². The van der Waals surface area contributed by atoms with Gasteiger partial charge in [-0.3, -0.25) is 9.97 Å². The van der Waals surface area contributed by atoms with Crippen LogP contribution in [0.1, 0.15) is 37.3 Å². The van der Waals surface area contributed by atoms with Crippen LogP contribution in [0.2, 0.25) is 0 Å². The Hall–Kier alpha value is -3.09. The number of piperidine rings is 1. The average Bonchev–Trinajstić information content (AvgIpc) is 3.35. The number of hydrogen-bond acceptors (Lipinski definition) is 7. The van der Waals surface area contributed by atoms with E-state index in [4.69, 9.17) is 9.97 Å². The fourth-order valence-corrected chi connectivity index (χ4v) is 4.38. The largest absolute Gasteiger partial charge is 0.355 e. The molecule has 5 rings (SSSR count). The molecular formula is C22H25N7. The van der Waals surface area contributed by atoms with Crippen LogP contribution in [0.3, 0.4) is 0 Å². The average molecular weight is 387 g/mol. The third kappa shape index (κ3) is 3.77. The lowest BCUT2D eigenvalue weighted by atomic mass is 9.90. The Labute approximate surface area is 170 Å². The number of pyridine rings is 1. The third-order valence-electron chi connectivity index (χ3n) is 5.87. The van der Waals surface area contributed by atoms with E-state index in [0.29, 0.717) is 5.92 Å². The Morgan fingerprint density at radius 1 is 0.793 bits per heavy atom. The zero-order valence-corrected chi connectivity index (χ0v) is 16.5. The van der Waals surface area contributed by atoms with E-state index in [0.717, 1.165) is 67.6 Å². The van der Waals surface area contributed by atoms with Gasteiger partial charge in [0.15, 0.2) is 0 Å². The lowest BCUT2D eigenvalue weighted by Gasteiger charge is -2.34. The van der Waals surface area contributed by atoms with E-state index in [-0.39, 0.29) is 0 Å². The van der Waals surface area contributed by atoms with Crippen LogP contribution in [0, 0.1) is 0 Å². The van der Waals surface area contributed by atoms with Gasteiger partial charge in [0.2, 0.25) is 5.95 Å². The SMILES string of the molecule is c1cc(-c2cnc(N3CCCC3)nc2[C@@H]2CCCN(c3cnccn3)C2)ccn1. The first-order chi connectivity index (χ1) is 14.4. The molecule has 2 fully saturated rings. The van der Waals surface area contributed by atoms with Gasteiger partial charge in [-0.25, -0.2) is 15.0 Å². The molecule has 0 spiro atoms. The summed E-state index contributed by atoms with van der Waals surface area (Å²) in [5.41, 5.74) is 3.38. The molecule has 3 aromatic heterocycles. The standard InChI is InChI=1S/C22H25N7/c1-2-12-28(11-1)22-26-14-19(17-5-7-23-8-6-17)21(27-22)18-4-3-13-29(16-18)20-15-24-9-10-25-20/h5-10,14-15,18H,1-4,11-13,16H2/t18-/m1/s1. The zero-order valence-electron chi connectivity index (χ0n) is 16.5. The van der Waals surface area contributed by atoms with Crippen LogP contribution < -0.4 is 9.80 Å². The molecule has 3 aromatic rings. The summed E-state index contributed by atoms with van der Waals surface area (Å²) in [4.78, 5) is 27.4. The Morgan fingerprint density at radius 3 is 2.41 bits per heavy atom. The molecule has 0 saturated carbocycles. The van der Waals surface area contributed by atoms with Gasteiger partial charge in [-0.1, -0.05) is 0 Å². The first-order valence-corrected chi connectivity index (χ1v) is 10.4. The molecule has 0 aliphatic carbocycles. The topological polar surface area (TPSA) is 70.9 Å². The van der Waals surface area contributed by atoms with Crippen molar-refractivity contribution in [3.05, 3.63) is 55.0 Å². The van der Waals surface area contributed by atoms with Crippen LogP contribution in [-0.4, -0.2) is 51.1 Å². The minimum atomic E-state index is 0.332. The van der Waals surface area contributed by atoms with Gasteiger partial charge in [0, 0.05) is 68.6 Å². The van der Waals surface area contributed by atoms with Crippen molar-refractivity contribution < 1.29 is 0 Å². The van der Waals surface area contributed by atoms with Gasteiger partial charge in [0.1, 0.15) is 5.82 Å². The molecule has 0 N–H and O–H groups in total. The minimum Gasteiger partial charge on any atom is -0.355 e. The fraction of sp³-hybridized carbons (Fsp3) is 0.409. The summed E-state index contributed by atoms with van der Waals surface area (Å²) in [6.45, 7) is 3.99. The van der Waals surface area contributed by atoms with Gasteiger partial charge in [-0.15, -0.1) is 0 Å². The number of nitrogens with zero attached hydrogens (tertiary/aromatic N) is 7. The van der Waals surface area contributed by atoms with E-state index in [9.17, 15) is 0 Å². The van der Waals surface area contributed by atoms with Crippen LogP contribution in [-0.2, 0) is 0 Å². The summed E-state index contributed by atoms with van der Waals surface area (Å²) in [7, 11) is 0. The quantitative estimate of drug-likeness (QED) is 0.680. The van der Waals surface area contributed by atoms with Gasteiger partial charge in [-0.2, -0.15) is 0 Å². The monoisotopic (exact) mass is 387 g/mol. The predicted molar refractivity (Wildman–Crippen MR) is 113 cm³/mol. The Balaban J connectivity index is 1.51. The second kappa shape index (κ2) is 8.11. The normalized spacial score (nSPS) is 19.5. The molecule has 0 aromatic carbocycles. The molecule has 2 aliphatic rings. The molecule has 0 radical (unpaired) electrons. The maximum atomic E-state index is 5.11. The van der Waals surface area contributed by atoms with E-state index < -0.39 is 0 Å². The molecule has 0 bridgehead atoms. The van der Waals surface area contributed by atoms with Crippen molar-refractivity contribution in [3.8, 4) is 11.1 Å². The Kier molecular flexibility index (Phi) is 5.02. The lowest BCUT2D eigenvalue weighted by molar-refractivity contribution is 0.498. The van der Waals surface area contributed by atoms with Crippen molar-refractivity contribution in [2.24, 2.45) is 0 Å². The van der Waals surface area contributed by atoms with Crippen molar-refractivity contribution in [1.82, 2.24) is 24.9 Å². The van der Waals surface area contributed by atoms with Crippen LogP contribution in [0.15, 0.2) is 49.3 Å². The number of hydrogen-bond donors (Lipinski definition) is 0. The van der Waals surface area contributed by atoms with Crippen LogP contribution in [0.4, 0.5) is 11.8 Å². The minimum absolute atomic E-state index is 0.332. The van der Waals surface area contributed by atoms with Gasteiger partial charge in [0.25, 0.3) is 0 Å². The molecule has 1 atom stereocenters. The summed E-state index contributed by atoms with van der Waals surface area (Å²) in [5.74, 6) is 2.14. The Bertz CT molecular complexity index is 942. The molecule has 0 unspecified atom stereocenters. The third-order valence-corrected chi connectivity index (χ3v) is 5.87. The number of aromatic nitrogens is 5. The zero-order chi connectivity index (χ0) is 19.5. The highest BCUT2D eigenvalue weighted by Crippen LogP contribution is 2.35. The van der Waals surface area contributed by atoms with Crippen LogP contribution >= 0.6 is 0 Å². The molecule has 148 valence electrons. The van der Waals surface area contributed by atoms with E-state index in [1.54, 1.807) is 12.4 Å². The maximum absolute atomic E-state index is 5.11. The number of rotatable bonds is 4. The van der Waals surface area contributed by atoms with Crippen molar-refractivity contribution in [2.75, 3.05) is 36.0 Å². The van der Waals surface area contributed by atoms with Crippen LogP contribution in [0.25, 0.3) is 11.1 Å². The predicted octanol–water partition coefficient (Wildman–Crippen LogP) is 3.31. The molecule has 5 heterocycles. The van der Waals surface area contributed by atoms with E-state index in [1.807, 2.05) is 36.9 Å². The molecule has 2 aliphatic heterocycles. The molecule has 7 nitrogen and oxygen atoms in total. The highest BCUT2D eigenvalue weighted by molar-refractivity contribution is 5.66. The summed E-state index contributed by atoms with van der Waals surface area (Å²) in [5, 5.41) is 0. The lowest BCUT2D eigenvalue weighted by Crippen LogP contribution is -2.35. The van der Waals surface area contributed by atoms with Crippen molar-refractivity contribution in [1.29, 1.82) is 0 Å². The van der Waals surface area contributed by atoms with E-state index >= 15 is 0 Å². The number of anilines is 2. The van der Waals surface area contributed by atoms with Gasteiger partial charge in [-0.05, 0) is 43.4 Å².